The Kier molecular flexibility index (Phi) is 5.67. The number of carbonyl (C=O) groups excluding carboxylic acids is 1. The van der Waals surface area contributed by atoms with E-state index >= 15 is 0 Å². The lowest BCUT2D eigenvalue weighted by Gasteiger charge is -2.08. The Labute approximate surface area is 178 Å². The lowest BCUT2D eigenvalue weighted by atomic mass is 10.3. The average Bonchev–Trinajstić information content (AvgIpc) is 3.19. The molecule has 8 nitrogen and oxygen atoms in total. The lowest BCUT2D eigenvalue weighted by Crippen LogP contribution is -2.20. The first kappa shape index (κ1) is 20.5. The van der Waals surface area contributed by atoms with Crippen molar-refractivity contribution >= 4 is 29.0 Å². The third kappa shape index (κ3) is 4.26. The van der Waals surface area contributed by atoms with E-state index in [1.165, 1.54) is 8.97 Å². The van der Waals surface area contributed by atoms with Crippen molar-refractivity contribution in [2.24, 2.45) is 0 Å². The number of thioether (sulfide) groups is 1. The Morgan fingerprint density at radius 3 is 2.65 bits per heavy atom. The molecular formula is C20H15F2N5O3S. The Bertz CT molecular complexity index is 1320. The van der Waals surface area contributed by atoms with Crippen LogP contribution < -0.4 is 15.6 Å². The van der Waals surface area contributed by atoms with E-state index in [2.05, 4.69) is 15.5 Å². The summed E-state index contributed by atoms with van der Waals surface area (Å²) in [4.78, 5) is 24.9. The van der Waals surface area contributed by atoms with Crippen LogP contribution in [0.5, 0.6) is 5.75 Å². The van der Waals surface area contributed by atoms with Crippen LogP contribution in [0.2, 0.25) is 0 Å². The number of rotatable bonds is 6. The minimum absolute atomic E-state index is 0.0809. The number of nitrogens with one attached hydrogen (secondary N) is 1. The zero-order valence-electron chi connectivity index (χ0n) is 16.1. The first-order valence-corrected chi connectivity index (χ1v) is 9.93. The molecule has 0 saturated carbocycles. The second-order valence-corrected chi connectivity index (χ2v) is 7.25. The Balaban J connectivity index is 1.51. The minimum atomic E-state index is -0.744. The number of ether oxygens (including phenoxy) is 1. The van der Waals surface area contributed by atoms with Gasteiger partial charge in [0.15, 0.2) is 5.16 Å². The second-order valence-electron chi connectivity index (χ2n) is 6.31. The number of fused-ring (bicyclic) bond motifs is 1. The summed E-state index contributed by atoms with van der Waals surface area (Å²) in [5.74, 6) is -1.45. The third-order valence-corrected chi connectivity index (χ3v) is 5.27. The molecule has 4 rings (SSSR count). The molecule has 31 heavy (non-hydrogen) atoms. The summed E-state index contributed by atoms with van der Waals surface area (Å²) in [6.07, 6.45) is 3.17. The summed E-state index contributed by atoms with van der Waals surface area (Å²) in [5.41, 5.74) is 0.0665. The largest absolute Gasteiger partial charge is 0.497 e. The summed E-state index contributed by atoms with van der Waals surface area (Å²) < 4.78 is 34.9. The van der Waals surface area contributed by atoms with Crippen LogP contribution in [0.3, 0.4) is 0 Å². The lowest BCUT2D eigenvalue weighted by molar-refractivity contribution is -0.113. The maximum absolute atomic E-state index is 13.7. The Morgan fingerprint density at radius 1 is 1.13 bits per heavy atom. The van der Waals surface area contributed by atoms with Crippen LogP contribution in [0.4, 0.5) is 14.5 Å². The van der Waals surface area contributed by atoms with Crippen molar-refractivity contribution in [3.05, 3.63) is 76.8 Å². The summed E-state index contributed by atoms with van der Waals surface area (Å²) in [6, 6.07) is 9.72. The monoisotopic (exact) mass is 443 g/mol. The van der Waals surface area contributed by atoms with Crippen molar-refractivity contribution < 1.29 is 18.3 Å². The molecular weight excluding hydrogens is 428 g/mol. The molecule has 0 bridgehead atoms. The van der Waals surface area contributed by atoms with E-state index in [9.17, 15) is 18.4 Å². The number of anilines is 1. The zero-order valence-corrected chi connectivity index (χ0v) is 16.9. The van der Waals surface area contributed by atoms with E-state index in [0.717, 1.165) is 30.0 Å². The summed E-state index contributed by atoms with van der Waals surface area (Å²) >= 11 is 1.01. The molecule has 0 atom stereocenters. The van der Waals surface area contributed by atoms with Crippen LogP contribution in [0.15, 0.2) is 64.8 Å². The summed E-state index contributed by atoms with van der Waals surface area (Å²) in [5, 5.41) is 10.5. The summed E-state index contributed by atoms with van der Waals surface area (Å²) in [6.45, 7) is 0. The van der Waals surface area contributed by atoms with Gasteiger partial charge in [0.25, 0.3) is 0 Å². The summed E-state index contributed by atoms with van der Waals surface area (Å²) in [7, 11) is 1.55. The normalized spacial score (nSPS) is 10.9. The number of aromatic nitrogens is 4. The number of nitrogens with zero attached hydrogens (tertiary/aromatic N) is 4. The van der Waals surface area contributed by atoms with Crippen LogP contribution in [0.1, 0.15) is 0 Å². The molecule has 2 aromatic heterocycles. The number of benzene rings is 2. The van der Waals surface area contributed by atoms with E-state index < -0.39 is 23.1 Å². The van der Waals surface area contributed by atoms with Gasteiger partial charge in [0, 0.05) is 24.1 Å². The molecule has 0 aliphatic heterocycles. The van der Waals surface area contributed by atoms with Crippen LogP contribution >= 0.6 is 11.8 Å². The van der Waals surface area contributed by atoms with Gasteiger partial charge in [-0.05, 0) is 36.4 Å². The van der Waals surface area contributed by atoms with E-state index in [-0.39, 0.29) is 17.1 Å². The fourth-order valence-electron chi connectivity index (χ4n) is 2.82. The van der Waals surface area contributed by atoms with Crippen LogP contribution in [-0.4, -0.2) is 37.9 Å². The number of methoxy groups -OCH3 is 1. The number of amides is 1. The maximum Gasteiger partial charge on any atom is 0.300 e. The Morgan fingerprint density at radius 2 is 1.90 bits per heavy atom. The van der Waals surface area contributed by atoms with Gasteiger partial charge in [0.1, 0.15) is 17.4 Å². The van der Waals surface area contributed by atoms with E-state index in [0.29, 0.717) is 16.6 Å². The highest BCUT2D eigenvalue weighted by molar-refractivity contribution is 7.99. The number of hydrogen-bond donors (Lipinski definition) is 1. The SMILES string of the molecule is COc1ccc(-n2ccn3c(SCC(=O)Nc4cc(F)ccc4F)nnc3c2=O)cc1. The molecule has 0 fully saturated rings. The molecule has 4 aromatic rings. The fraction of sp³-hybridized carbons (Fsp3) is 0.100. The van der Waals surface area contributed by atoms with Gasteiger partial charge in [0.05, 0.1) is 18.6 Å². The molecule has 1 amide bonds. The molecule has 11 heteroatoms. The molecule has 0 unspecified atom stereocenters. The van der Waals surface area contributed by atoms with E-state index in [1.807, 2.05) is 0 Å². The highest BCUT2D eigenvalue weighted by atomic mass is 32.2. The molecule has 0 radical (unpaired) electrons. The first-order valence-electron chi connectivity index (χ1n) is 8.95. The Hall–Kier alpha value is -3.73. The number of hydrogen-bond acceptors (Lipinski definition) is 6. The van der Waals surface area contributed by atoms with E-state index in [4.69, 9.17) is 4.74 Å². The molecule has 0 saturated heterocycles. The molecule has 1 N–H and O–H groups in total. The van der Waals surface area contributed by atoms with Gasteiger partial charge >= 0.3 is 5.56 Å². The van der Waals surface area contributed by atoms with Crippen molar-refractivity contribution in [2.45, 2.75) is 5.16 Å². The minimum Gasteiger partial charge on any atom is -0.497 e. The highest BCUT2D eigenvalue weighted by Gasteiger charge is 2.14. The van der Waals surface area contributed by atoms with Gasteiger partial charge in [0.2, 0.25) is 11.6 Å². The molecule has 0 spiro atoms. The van der Waals surface area contributed by atoms with Gasteiger partial charge in [-0.25, -0.2) is 8.78 Å². The van der Waals surface area contributed by atoms with Gasteiger partial charge in [-0.3, -0.25) is 18.6 Å². The van der Waals surface area contributed by atoms with Gasteiger partial charge < -0.3 is 10.1 Å². The smallest absolute Gasteiger partial charge is 0.300 e. The van der Waals surface area contributed by atoms with Crippen molar-refractivity contribution in [1.29, 1.82) is 0 Å². The van der Waals surface area contributed by atoms with Crippen LogP contribution in [-0.2, 0) is 4.79 Å². The van der Waals surface area contributed by atoms with Crippen molar-refractivity contribution in [3.63, 3.8) is 0 Å². The number of halogens is 2. The van der Waals surface area contributed by atoms with Crippen molar-refractivity contribution in [1.82, 2.24) is 19.2 Å². The first-order chi connectivity index (χ1) is 15.0. The fourth-order valence-corrected chi connectivity index (χ4v) is 3.54. The molecule has 2 heterocycles. The highest BCUT2D eigenvalue weighted by Crippen LogP contribution is 2.19. The number of carbonyl (C=O) groups is 1. The molecule has 0 aliphatic rings. The predicted octanol–water partition coefficient (Wildman–Crippen LogP) is 2.90. The third-order valence-electron chi connectivity index (χ3n) is 4.32. The topological polar surface area (TPSA) is 90.5 Å². The standard InChI is InChI=1S/C20H15F2N5O3S/c1-30-14-5-3-13(4-6-14)26-8-9-27-18(19(26)29)24-25-20(27)31-11-17(28)23-16-10-12(21)2-7-15(16)22/h2-10H,11H2,1H3,(H,23,28). The zero-order chi connectivity index (χ0) is 22.0. The quantitative estimate of drug-likeness (QED) is 0.461. The average molecular weight is 443 g/mol. The van der Waals surface area contributed by atoms with Gasteiger partial charge in [-0.1, -0.05) is 11.8 Å². The van der Waals surface area contributed by atoms with Gasteiger partial charge in [-0.15, -0.1) is 10.2 Å². The van der Waals surface area contributed by atoms with Crippen molar-refractivity contribution in [2.75, 3.05) is 18.2 Å². The molecule has 0 aliphatic carbocycles. The van der Waals surface area contributed by atoms with E-state index in [1.54, 1.807) is 43.8 Å². The molecule has 158 valence electrons. The van der Waals surface area contributed by atoms with Crippen LogP contribution in [0, 0.1) is 11.6 Å². The van der Waals surface area contributed by atoms with Crippen molar-refractivity contribution in [3.8, 4) is 11.4 Å². The maximum atomic E-state index is 13.7. The van der Waals surface area contributed by atoms with Crippen LogP contribution in [0.25, 0.3) is 11.3 Å². The molecule has 2 aromatic carbocycles. The predicted molar refractivity (Wildman–Crippen MR) is 111 cm³/mol. The van der Waals surface area contributed by atoms with Gasteiger partial charge in [-0.2, -0.15) is 0 Å². The second kappa shape index (κ2) is 8.56.